The number of carbonyl (C=O) groups is 2. The van der Waals surface area contributed by atoms with Crippen LogP contribution in [0.25, 0.3) is 0 Å². The number of piperazine rings is 1. The van der Waals surface area contributed by atoms with Crippen molar-refractivity contribution in [2.24, 2.45) is 0 Å². The topological polar surface area (TPSA) is 49.9 Å². The molecule has 0 aromatic heterocycles. The third-order valence-electron chi connectivity index (χ3n) is 5.29. The molecule has 1 saturated heterocycles. The second-order valence-electron chi connectivity index (χ2n) is 7.62. The van der Waals surface area contributed by atoms with E-state index in [4.69, 9.17) is 4.74 Å². The molecule has 5 nitrogen and oxygen atoms in total. The van der Waals surface area contributed by atoms with Gasteiger partial charge in [-0.2, -0.15) is 0 Å². The van der Waals surface area contributed by atoms with Gasteiger partial charge in [-0.3, -0.25) is 9.59 Å². The van der Waals surface area contributed by atoms with Crippen LogP contribution in [0.5, 0.6) is 5.75 Å². The average Bonchev–Trinajstić information content (AvgIpc) is 2.74. The summed E-state index contributed by atoms with van der Waals surface area (Å²) < 4.78 is 5.81. The van der Waals surface area contributed by atoms with Crippen molar-refractivity contribution in [2.75, 3.05) is 26.2 Å². The summed E-state index contributed by atoms with van der Waals surface area (Å²) in [4.78, 5) is 28.8. The van der Waals surface area contributed by atoms with E-state index in [1.165, 1.54) is 5.56 Å². The highest BCUT2D eigenvalue weighted by atomic mass is 16.5. The molecule has 2 aromatic rings. The van der Waals surface area contributed by atoms with Crippen molar-refractivity contribution in [2.45, 2.75) is 39.2 Å². The van der Waals surface area contributed by atoms with E-state index >= 15 is 0 Å². The summed E-state index contributed by atoms with van der Waals surface area (Å²) in [5.74, 6) is 0.859. The summed E-state index contributed by atoms with van der Waals surface area (Å²) >= 11 is 0. The number of nitrogens with zero attached hydrogens (tertiary/aromatic N) is 2. The Bertz CT molecular complexity index is 814. The number of rotatable bonds is 7. The molecular formula is C24H30N2O3. The normalized spacial score (nSPS) is 15.1. The van der Waals surface area contributed by atoms with Crippen molar-refractivity contribution >= 4 is 11.8 Å². The van der Waals surface area contributed by atoms with Gasteiger partial charge in [0.15, 0.2) is 6.10 Å². The number of hydrogen-bond acceptors (Lipinski definition) is 3. The summed E-state index contributed by atoms with van der Waals surface area (Å²) in [5, 5.41) is 0. The third-order valence-corrected chi connectivity index (χ3v) is 5.29. The highest BCUT2D eigenvalue weighted by molar-refractivity contribution is 5.81. The third kappa shape index (κ3) is 6.08. The molecule has 3 rings (SSSR count). The standard InChI is InChI=1S/C24H30N2O3/c1-19-8-6-12-22(18-19)29-20(2)24(28)26-16-14-25(15-17-26)23(27)13-7-11-21-9-4-3-5-10-21/h3-6,8-10,12,18,20H,7,11,13-17H2,1-2H3. The average molecular weight is 395 g/mol. The lowest BCUT2D eigenvalue weighted by molar-refractivity contribution is -0.143. The monoisotopic (exact) mass is 394 g/mol. The van der Waals surface area contributed by atoms with Crippen molar-refractivity contribution in [3.05, 3.63) is 65.7 Å². The lowest BCUT2D eigenvalue weighted by Crippen LogP contribution is -2.53. The summed E-state index contributed by atoms with van der Waals surface area (Å²) in [6, 6.07) is 17.9. The zero-order valence-electron chi connectivity index (χ0n) is 17.3. The summed E-state index contributed by atoms with van der Waals surface area (Å²) in [6.07, 6.45) is 1.78. The van der Waals surface area contributed by atoms with Crippen molar-refractivity contribution in [1.29, 1.82) is 0 Å². The fraction of sp³-hybridized carbons (Fsp3) is 0.417. The maximum Gasteiger partial charge on any atom is 0.263 e. The number of aryl methyl sites for hydroxylation is 2. The first-order chi connectivity index (χ1) is 14.0. The van der Waals surface area contributed by atoms with Gasteiger partial charge < -0.3 is 14.5 Å². The number of ether oxygens (including phenoxy) is 1. The molecule has 2 aromatic carbocycles. The van der Waals surface area contributed by atoms with Gasteiger partial charge in [-0.15, -0.1) is 0 Å². The first-order valence-electron chi connectivity index (χ1n) is 10.4. The maximum atomic E-state index is 12.7. The van der Waals surface area contributed by atoms with E-state index in [0.717, 1.165) is 18.4 Å². The second kappa shape index (κ2) is 10.1. The molecule has 0 radical (unpaired) electrons. The lowest BCUT2D eigenvalue weighted by Gasteiger charge is -2.36. The molecule has 1 atom stereocenters. The second-order valence-corrected chi connectivity index (χ2v) is 7.62. The Morgan fingerprint density at radius 2 is 1.66 bits per heavy atom. The largest absolute Gasteiger partial charge is 0.481 e. The molecule has 1 aliphatic rings. The van der Waals surface area contributed by atoms with E-state index in [0.29, 0.717) is 38.3 Å². The van der Waals surface area contributed by atoms with Gasteiger partial charge in [-0.25, -0.2) is 0 Å². The number of carbonyl (C=O) groups excluding carboxylic acids is 2. The molecule has 0 spiro atoms. The molecule has 0 aliphatic carbocycles. The molecule has 2 amide bonds. The van der Waals surface area contributed by atoms with Gasteiger partial charge in [0, 0.05) is 32.6 Å². The number of amides is 2. The van der Waals surface area contributed by atoms with Crippen molar-refractivity contribution in [3.8, 4) is 5.75 Å². The molecular weight excluding hydrogens is 364 g/mol. The van der Waals surface area contributed by atoms with E-state index < -0.39 is 6.10 Å². The Balaban J connectivity index is 1.40. The number of hydrogen-bond donors (Lipinski definition) is 0. The Morgan fingerprint density at radius 3 is 2.34 bits per heavy atom. The summed E-state index contributed by atoms with van der Waals surface area (Å²) in [6.45, 7) is 6.08. The van der Waals surface area contributed by atoms with Gasteiger partial charge in [-0.05, 0) is 49.9 Å². The summed E-state index contributed by atoms with van der Waals surface area (Å²) in [5.41, 5.74) is 2.36. The Hall–Kier alpha value is -2.82. The van der Waals surface area contributed by atoms with Gasteiger partial charge in [-0.1, -0.05) is 42.5 Å². The van der Waals surface area contributed by atoms with E-state index in [9.17, 15) is 9.59 Å². The highest BCUT2D eigenvalue weighted by Gasteiger charge is 2.27. The van der Waals surface area contributed by atoms with Gasteiger partial charge in [0.25, 0.3) is 5.91 Å². The molecule has 0 bridgehead atoms. The van der Waals surface area contributed by atoms with Crippen LogP contribution in [-0.2, 0) is 16.0 Å². The SMILES string of the molecule is Cc1cccc(OC(C)C(=O)N2CCN(C(=O)CCCc3ccccc3)CC2)c1. The Morgan fingerprint density at radius 1 is 0.966 bits per heavy atom. The molecule has 1 fully saturated rings. The highest BCUT2D eigenvalue weighted by Crippen LogP contribution is 2.16. The maximum absolute atomic E-state index is 12.7. The lowest BCUT2D eigenvalue weighted by atomic mass is 10.1. The minimum absolute atomic E-state index is 0.0253. The molecule has 154 valence electrons. The van der Waals surface area contributed by atoms with Crippen LogP contribution < -0.4 is 4.74 Å². The molecule has 1 unspecified atom stereocenters. The zero-order chi connectivity index (χ0) is 20.6. The van der Waals surface area contributed by atoms with Crippen molar-refractivity contribution < 1.29 is 14.3 Å². The Labute approximate surface area is 173 Å². The van der Waals surface area contributed by atoms with Crippen LogP contribution in [-0.4, -0.2) is 53.9 Å². The predicted octanol–water partition coefficient (Wildman–Crippen LogP) is 3.46. The molecule has 29 heavy (non-hydrogen) atoms. The van der Waals surface area contributed by atoms with Crippen LogP contribution in [0.2, 0.25) is 0 Å². The quantitative estimate of drug-likeness (QED) is 0.723. The van der Waals surface area contributed by atoms with Crippen LogP contribution in [0.15, 0.2) is 54.6 Å². The predicted molar refractivity (Wildman–Crippen MR) is 114 cm³/mol. The molecule has 1 heterocycles. The zero-order valence-corrected chi connectivity index (χ0v) is 17.3. The fourth-order valence-corrected chi connectivity index (χ4v) is 3.62. The minimum atomic E-state index is -0.537. The molecule has 0 saturated carbocycles. The fourth-order valence-electron chi connectivity index (χ4n) is 3.62. The summed E-state index contributed by atoms with van der Waals surface area (Å²) in [7, 11) is 0. The van der Waals surface area contributed by atoms with E-state index in [2.05, 4.69) is 12.1 Å². The first-order valence-corrected chi connectivity index (χ1v) is 10.4. The van der Waals surface area contributed by atoms with Crippen LogP contribution in [0, 0.1) is 6.92 Å². The molecule has 1 aliphatic heterocycles. The molecule has 0 N–H and O–H groups in total. The van der Waals surface area contributed by atoms with Crippen LogP contribution in [0.4, 0.5) is 0 Å². The number of benzene rings is 2. The van der Waals surface area contributed by atoms with Gasteiger partial charge >= 0.3 is 0 Å². The first kappa shape index (κ1) is 20.9. The van der Waals surface area contributed by atoms with Gasteiger partial charge in [0.1, 0.15) is 5.75 Å². The van der Waals surface area contributed by atoms with Gasteiger partial charge in [0.05, 0.1) is 0 Å². The van der Waals surface area contributed by atoms with Crippen molar-refractivity contribution in [1.82, 2.24) is 9.80 Å². The van der Waals surface area contributed by atoms with Crippen LogP contribution in [0.1, 0.15) is 30.9 Å². The van der Waals surface area contributed by atoms with Gasteiger partial charge in [0.2, 0.25) is 5.91 Å². The van der Waals surface area contributed by atoms with E-state index in [1.54, 1.807) is 11.8 Å². The molecule has 5 heteroatoms. The van der Waals surface area contributed by atoms with E-state index in [1.807, 2.05) is 54.3 Å². The van der Waals surface area contributed by atoms with Crippen LogP contribution in [0.3, 0.4) is 0 Å². The van der Waals surface area contributed by atoms with Crippen LogP contribution >= 0.6 is 0 Å². The smallest absolute Gasteiger partial charge is 0.263 e. The van der Waals surface area contributed by atoms with Crippen molar-refractivity contribution in [3.63, 3.8) is 0 Å². The Kier molecular flexibility index (Phi) is 7.28. The van der Waals surface area contributed by atoms with E-state index in [-0.39, 0.29) is 11.8 Å². The minimum Gasteiger partial charge on any atom is -0.481 e.